The molecular weight excluding hydrogens is 392 g/mol. The Labute approximate surface area is 167 Å². The van der Waals surface area contributed by atoms with Crippen LogP contribution < -0.4 is 9.46 Å². The van der Waals surface area contributed by atoms with E-state index in [0.29, 0.717) is 13.1 Å². The molecule has 1 N–H and O–H groups in total. The van der Waals surface area contributed by atoms with Crippen molar-refractivity contribution in [1.82, 2.24) is 14.9 Å². The van der Waals surface area contributed by atoms with Crippen molar-refractivity contribution in [2.75, 3.05) is 11.3 Å². The number of ether oxygens (including phenoxy) is 1. The van der Waals surface area contributed by atoms with E-state index < -0.39 is 16.1 Å². The molecule has 0 saturated carbocycles. The van der Waals surface area contributed by atoms with Gasteiger partial charge < -0.3 is 9.64 Å². The fourth-order valence-electron chi connectivity index (χ4n) is 3.58. The van der Waals surface area contributed by atoms with Gasteiger partial charge in [-0.2, -0.15) is 4.98 Å². The Balaban J connectivity index is 1.69. The van der Waals surface area contributed by atoms with Crippen molar-refractivity contribution in [3.8, 4) is 5.88 Å². The van der Waals surface area contributed by atoms with E-state index in [9.17, 15) is 13.2 Å². The number of rotatable bonds is 0. The maximum absolute atomic E-state index is 13.2. The number of hydrogen-bond donors (Lipinski definition) is 1. The number of hydrogen-bond acceptors (Lipinski definition) is 6. The minimum absolute atomic E-state index is 0.0357. The first-order valence-electron chi connectivity index (χ1n) is 8.99. The van der Waals surface area contributed by atoms with Crippen LogP contribution in [0.15, 0.2) is 65.7 Å². The quantitative estimate of drug-likeness (QED) is 0.613. The highest BCUT2D eigenvalue weighted by Crippen LogP contribution is 2.31. The van der Waals surface area contributed by atoms with Gasteiger partial charge in [-0.15, -0.1) is 0 Å². The molecule has 146 valence electrons. The molecule has 0 fully saturated rings. The number of fused-ring (bicyclic) bond motifs is 8. The number of nitrogens with one attached hydrogen (secondary N) is 1. The van der Waals surface area contributed by atoms with Crippen molar-refractivity contribution < 1.29 is 17.9 Å². The normalized spacial score (nSPS) is 19.5. The number of aromatic nitrogens is 2. The van der Waals surface area contributed by atoms with E-state index in [1.807, 2.05) is 24.3 Å². The summed E-state index contributed by atoms with van der Waals surface area (Å²) >= 11 is 0. The topological polar surface area (TPSA) is 101 Å². The van der Waals surface area contributed by atoms with E-state index in [-0.39, 0.29) is 28.2 Å². The summed E-state index contributed by atoms with van der Waals surface area (Å²) < 4.78 is 33.9. The molecule has 3 aromatic rings. The third-order valence-corrected chi connectivity index (χ3v) is 6.27. The fourth-order valence-corrected chi connectivity index (χ4v) is 4.57. The molecule has 3 heterocycles. The lowest BCUT2D eigenvalue weighted by Gasteiger charge is -2.34. The Morgan fingerprint density at radius 2 is 1.97 bits per heavy atom. The molecular formula is C20H16N4O4S. The molecule has 1 amide bonds. The predicted octanol–water partition coefficient (Wildman–Crippen LogP) is 2.37. The Hall–Kier alpha value is -3.46. The Bertz CT molecular complexity index is 1230. The molecule has 0 spiro atoms. The zero-order valence-corrected chi connectivity index (χ0v) is 16.0. The van der Waals surface area contributed by atoms with Crippen molar-refractivity contribution in [3.05, 3.63) is 77.5 Å². The van der Waals surface area contributed by atoms with Crippen LogP contribution in [-0.2, 0) is 16.6 Å². The largest absolute Gasteiger partial charge is 0.467 e. The van der Waals surface area contributed by atoms with Gasteiger partial charge in [0.25, 0.3) is 15.9 Å². The lowest BCUT2D eigenvalue weighted by molar-refractivity contribution is 0.0589. The highest BCUT2D eigenvalue weighted by Gasteiger charge is 2.31. The minimum Gasteiger partial charge on any atom is -0.467 e. The van der Waals surface area contributed by atoms with Crippen LogP contribution in [0, 0.1) is 0 Å². The molecule has 0 radical (unpaired) electrons. The smallest absolute Gasteiger partial charge is 0.264 e. The first kappa shape index (κ1) is 17.6. The van der Waals surface area contributed by atoms with Crippen LogP contribution in [0.5, 0.6) is 5.88 Å². The molecule has 0 saturated heterocycles. The van der Waals surface area contributed by atoms with Crippen molar-refractivity contribution in [1.29, 1.82) is 0 Å². The van der Waals surface area contributed by atoms with Crippen LogP contribution in [0.1, 0.15) is 27.6 Å². The van der Waals surface area contributed by atoms with Crippen LogP contribution in [0.3, 0.4) is 0 Å². The Morgan fingerprint density at radius 1 is 1.10 bits per heavy atom. The number of sulfonamides is 1. The van der Waals surface area contributed by atoms with E-state index in [4.69, 9.17) is 4.74 Å². The average molecular weight is 408 g/mol. The number of carbonyl (C=O) groups is 1. The molecule has 29 heavy (non-hydrogen) atoms. The highest BCUT2D eigenvalue weighted by atomic mass is 32.2. The van der Waals surface area contributed by atoms with Gasteiger partial charge in [0.1, 0.15) is 6.10 Å². The average Bonchev–Trinajstić information content (AvgIpc) is 2.73. The predicted molar refractivity (Wildman–Crippen MR) is 104 cm³/mol. The number of nitrogens with zero attached hydrogens (tertiary/aromatic N) is 3. The standard InChI is InChI=1S/C20H16N4O4S/c25-19-13-5-3-6-15(10-13)29(26,27)23-20-21-9-8-18(22-20)28-17-12-24(19)11-14-4-1-2-7-16(14)17/h1-10,17H,11-12H2,(H,21,22,23). The first-order valence-corrected chi connectivity index (χ1v) is 10.5. The lowest BCUT2D eigenvalue weighted by Crippen LogP contribution is -2.40. The van der Waals surface area contributed by atoms with E-state index in [0.717, 1.165) is 11.1 Å². The van der Waals surface area contributed by atoms with Gasteiger partial charge in [-0.3, -0.25) is 4.79 Å². The van der Waals surface area contributed by atoms with Crippen molar-refractivity contribution in [2.24, 2.45) is 0 Å². The summed E-state index contributed by atoms with van der Waals surface area (Å²) in [7, 11) is -3.96. The summed E-state index contributed by atoms with van der Waals surface area (Å²) in [5, 5.41) is 0. The second-order valence-electron chi connectivity index (χ2n) is 6.84. The summed E-state index contributed by atoms with van der Waals surface area (Å²) in [6.45, 7) is 0.735. The van der Waals surface area contributed by atoms with Gasteiger partial charge in [0.05, 0.1) is 11.4 Å². The summed E-state index contributed by atoms with van der Waals surface area (Å²) in [5.74, 6) is -0.139. The van der Waals surface area contributed by atoms with E-state index in [1.165, 1.54) is 18.3 Å². The van der Waals surface area contributed by atoms with E-state index >= 15 is 0 Å². The second-order valence-corrected chi connectivity index (χ2v) is 8.53. The summed E-state index contributed by atoms with van der Waals surface area (Å²) in [6, 6.07) is 15.2. The van der Waals surface area contributed by atoms with Gasteiger partial charge >= 0.3 is 0 Å². The van der Waals surface area contributed by atoms with Crippen molar-refractivity contribution >= 4 is 21.9 Å². The monoisotopic (exact) mass is 408 g/mol. The zero-order valence-electron chi connectivity index (χ0n) is 15.1. The van der Waals surface area contributed by atoms with Crippen molar-refractivity contribution in [2.45, 2.75) is 17.5 Å². The number of amides is 1. The molecule has 2 aromatic carbocycles. The second kappa shape index (κ2) is 6.56. The first-order chi connectivity index (χ1) is 14.0. The maximum Gasteiger partial charge on any atom is 0.264 e. The summed E-state index contributed by atoms with van der Waals surface area (Å²) in [5.41, 5.74) is 2.24. The van der Waals surface area contributed by atoms with Gasteiger partial charge in [0, 0.05) is 24.4 Å². The molecule has 2 aliphatic rings. The van der Waals surface area contributed by atoms with Crippen LogP contribution in [0.4, 0.5) is 5.95 Å². The van der Waals surface area contributed by atoms with Gasteiger partial charge in [0.15, 0.2) is 0 Å². The number of anilines is 1. The zero-order chi connectivity index (χ0) is 20.0. The molecule has 9 heteroatoms. The Morgan fingerprint density at radius 3 is 2.86 bits per heavy atom. The molecule has 1 aromatic heterocycles. The van der Waals surface area contributed by atoms with Crippen LogP contribution in [-0.4, -0.2) is 35.7 Å². The third-order valence-electron chi connectivity index (χ3n) is 4.95. The number of carbonyl (C=O) groups excluding carboxylic acids is 1. The van der Waals surface area contributed by atoms with Gasteiger partial charge in [-0.1, -0.05) is 30.3 Å². The lowest BCUT2D eigenvalue weighted by atomic mass is 9.96. The SMILES string of the molecule is O=C1c2cccc(c2)S(=O)(=O)Nc2nccc(n2)OC2CN1Cc1ccccc12. The van der Waals surface area contributed by atoms with Crippen molar-refractivity contribution in [3.63, 3.8) is 0 Å². The molecule has 1 unspecified atom stereocenters. The highest BCUT2D eigenvalue weighted by molar-refractivity contribution is 7.92. The van der Waals surface area contributed by atoms with E-state index in [2.05, 4.69) is 14.7 Å². The minimum atomic E-state index is -3.96. The van der Waals surface area contributed by atoms with Gasteiger partial charge in [0.2, 0.25) is 11.8 Å². The molecule has 1 atom stereocenters. The summed E-state index contributed by atoms with van der Waals surface area (Å²) in [6.07, 6.45) is 0.987. The molecule has 2 aliphatic heterocycles. The summed E-state index contributed by atoms with van der Waals surface area (Å²) in [4.78, 5) is 22.9. The van der Waals surface area contributed by atoms with Gasteiger partial charge in [-0.25, -0.2) is 18.1 Å². The Kier molecular flexibility index (Phi) is 3.99. The van der Waals surface area contributed by atoms with Crippen LogP contribution in [0.2, 0.25) is 0 Å². The van der Waals surface area contributed by atoms with Gasteiger partial charge in [-0.05, 0) is 29.3 Å². The van der Waals surface area contributed by atoms with Crippen LogP contribution >= 0.6 is 0 Å². The molecule has 6 bridgehead atoms. The maximum atomic E-state index is 13.2. The number of benzene rings is 2. The molecule has 5 rings (SSSR count). The van der Waals surface area contributed by atoms with Crippen LogP contribution in [0.25, 0.3) is 0 Å². The molecule has 8 nitrogen and oxygen atoms in total. The third kappa shape index (κ3) is 3.19. The molecule has 0 aliphatic carbocycles. The van der Waals surface area contributed by atoms with E-state index in [1.54, 1.807) is 23.1 Å². The fraction of sp³-hybridized carbons (Fsp3) is 0.150.